The molecule has 3 aliphatic rings. The maximum Gasteiger partial charge on any atom is 0.409 e. The van der Waals surface area contributed by atoms with Crippen molar-refractivity contribution in [1.82, 2.24) is 10.2 Å². The van der Waals surface area contributed by atoms with Gasteiger partial charge in [0, 0.05) is 45.7 Å². The quantitative estimate of drug-likeness (QED) is 0.289. The number of methoxy groups -OCH3 is 2. The summed E-state index contributed by atoms with van der Waals surface area (Å²) in [5.74, 6) is -0.896. The van der Waals surface area contributed by atoms with Gasteiger partial charge in [-0.1, -0.05) is 42.3 Å². The molecular formula is C36H50ClN3O10S. The molecule has 0 aromatic heterocycles. The molecule has 0 aliphatic carbocycles. The van der Waals surface area contributed by atoms with Crippen molar-refractivity contribution in [2.24, 2.45) is 5.92 Å². The zero-order chi connectivity index (χ0) is 37.8. The van der Waals surface area contributed by atoms with Crippen LogP contribution in [0.15, 0.2) is 35.9 Å². The number of nitrogens with one attached hydrogen (secondary N) is 1. The van der Waals surface area contributed by atoms with E-state index in [0.29, 0.717) is 23.6 Å². The first-order valence-electron chi connectivity index (χ1n) is 16.8. The maximum atomic E-state index is 14.1. The second-order valence-electron chi connectivity index (χ2n) is 13.6. The molecule has 1 aromatic carbocycles. The van der Waals surface area contributed by atoms with E-state index in [-0.39, 0.29) is 30.2 Å². The van der Waals surface area contributed by atoms with Crippen LogP contribution in [0.4, 0.5) is 10.5 Å². The van der Waals surface area contributed by atoms with E-state index in [1.807, 2.05) is 19.3 Å². The lowest BCUT2D eigenvalue weighted by atomic mass is 9.83. The topological polar surface area (TPSA) is 156 Å². The van der Waals surface area contributed by atoms with Crippen LogP contribution in [-0.2, 0) is 39.8 Å². The molecule has 3 heterocycles. The molecule has 3 aliphatic heterocycles. The molecule has 4 rings (SSSR count). The fourth-order valence-electron chi connectivity index (χ4n) is 6.58. The van der Waals surface area contributed by atoms with Gasteiger partial charge in [0.25, 0.3) is 0 Å². The third kappa shape index (κ3) is 9.02. The number of hydrogen-bond donors (Lipinski definition) is 2. The predicted molar refractivity (Wildman–Crippen MR) is 194 cm³/mol. The molecular weight excluding hydrogens is 702 g/mol. The van der Waals surface area contributed by atoms with Crippen LogP contribution in [0.1, 0.15) is 52.5 Å². The molecule has 51 heavy (non-hydrogen) atoms. The minimum atomic E-state index is -1.82. The van der Waals surface area contributed by atoms with Crippen molar-refractivity contribution < 1.29 is 48.0 Å². The number of fused-ring (bicyclic) bond motifs is 5. The van der Waals surface area contributed by atoms with Crippen LogP contribution >= 0.6 is 23.4 Å². The minimum Gasteiger partial charge on any atom is -0.495 e. The summed E-state index contributed by atoms with van der Waals surface area (Å²) in [5.41, 5.74) is -0.877. The lowest BCUT2D eigenvalue weighted by Gasteiger charge is -2.42. The van der Waals surface area contributed by atoms with Crippen molar-refractivity contribution >= 4 is 52.9 Å². The number of carbonyl (C=O) groups excluding carboxylic acids is 4. The number of ether oxygens (including phenoxy) is 5. The van der Waals surface area contributed by atoms with Crippen LogP contribution in [0, 0.1) is 5.92 Å². The van der Waals surface area contributed by atoms with Crippen LogP contribution in [-0.4, -0.2) is 116 Å². The zero-order valence-electron chi connectivity index (χ0n) is 30.7. The average Bonchev–Trinajstić information content (AvgIpc) is 3.79. The van der Waals surface area contributed by atoms with Gasteiger partial charge in [0.15, 0.2) is 5.72 Å². The summed E-state index contributed by atoms with van der Waals surface area (Å²) in [4.78, 5) is 56.0. The first kappa shape index (κ1) is 40.5. The van der Waals surface area contributed by atoms with Crippen molar-refractivity contribution in [3.63, 3.8) is 0 Å². The number of esters is 1. The second-order valence-corrected chi connectivity index (χ2v) is 15.0. The third-order valence-corrected chi connectivity index (χ3v) is 11.0. The maximum absolute atomic E-state index is 14.1. The summed E-state index contributed by atoms with van der Waals surface area (Å²) >= 11 is 8.27. The fraction of sp³-hybridized carbons (Fsp3) is 0.611. The first-order chi connectivity index (χ1) is 24.0. The number of anilines is 1. The number of nitrogens with zero attached hydrogens (tertiary/aromatic N) is 2. The van der Waals surface area contributed by atoms with Gasteiger partial charge >= 0.3 is 12.1 Å². The Kier molecular flexibility index (Phi) is 13.2. The number of aliphatic hydroxyl groups is 1. The molecule has 3 amide bonds. The summed E-state index contributed by atoms with van der Waals surface area (Å²) in [6.45, 7) is 7.02. The largest absolute Gasteiger partial charge is 0.495 e. The monoisotopic (exact) mass is 751 g/mol. The Morgan fingerprint density at radius 2 is 1.98 bits per heavy atom. The van der Waals surface area contributed by atoms with Gasteiger partial charge in [-0.2, -0.15) is 11.8 Å². The van der Waals surface area contributed by atoms with Crippen molar-refractivity contribution in [2.75, 3.05) is 45.2 Å². The highest BCUT2D eigenvalue weighted by molar-refractivity contribution is 7.98. The third-order valence-electron chi connectivity index (χ3n) is 10.0. The summed E-state index contributed by atoms with van der Waals surface area (Å²) < 4.78 is 29.1. The summed E-state index contributed by atoms with van der Waals surface area (Å²) in [7, 11) is 6.04. The number of amides is 3. The van der Waals surface area contributed by atoms with E-state index < -0.39 is 65.7 Å². The molecule has 0 spiro atoms. The molecule has 15 heteroatoms. The van der Waals surface area contributed by atoms with Crippen LogP contribution in [0.5, 0.6) is 5.75 Å². The highest BCUT2D eigenvalue weighted by Gasteiger charge is 2.64. The van der Waals surface area contributed by atoms with E-state index in [9.17, 15) is 24.3 Å². The number of hydrogen-bond acceptors (Lipinski definition) is 11. The Balaban J connectivity index is 1.76. The van der Waals surface area contributed by atoms with E-state index >= 15 is 0 Å². The number of alkyl carbamates (subject to hydrolysis) is 1. The zero-order valence-corrected chi connectivity index (χ0v) is 32.3. The smallest absolute Gasteiger partial charge is 0.409 e. The number of halogens is 1. The van der Waals surface area contributed by atoms with Crippen molar-refractivity contribution in [3.8, 4) is 5.75 Å². The molecule has 2 saturated heterocycles. The summed E-state index contributed by atoms with van der Waals surface area (Å²) in [6.07, 6.45) is 3.16. The molecule has 0 radical (unpaired) electrons. The Labute approximate surface area is 308 Å². The van der Waals surface area contributed by atoms with Gasteiger partial charge in [0.2, 0.25) is 11.8 Å². The Morgan fingerprint density at radius 3 is 2.63 bits per heavy atom. The van der Waals surface area contributed by atoms with Crippen molar-refractivity contribution in [3.05, 3.63) is 46.5 Å². The number of allylic oxidation sites excluding steroid dienone is 3. The van der Waals surface area contributed by atoms with Gasteiger partial charge in [0.1, 0.15) is 40.7 Å². The minimum absolute atomic E-state index is 0.0440. The van der Waals surface area contributed by atoms with Gasteiger partial charge in [-0.3, -0.25) is 14.9 Å². The molecule has 2 N–H and O–H groups in total. The van der Waals surface area contributed by atoms with Crippen molar-refractivity contribution in [2.45, 2.75) is 95.2 Å². The van der Waals surface area contributed by atoms with Gasteiger partial charge in [-0.15, -0.1) is 0 Å². The van der Waals surface area contributed by atoms with E-state index in [1.165, 1.54) is 42.8 Å². The number of epoxide rings is 1. The Bertz CT molecular complexity index is 1560. The number of benzene rings is 1. The normalized spacial score (nSPS) is 31.9. The predicted octanol–water partition coefficient (Wildman–Crippen LogP) is 4.27. The lowest BCUT2D eigenvalue weighted by Crippen LogP contribution is -2.63. The van der Waals surface area contributed by atoms with Crippen LogP contribution in [0.3, 0.4) is 0 Å². The SMILES string of the molecule is COc1cc2cc(c1Cl)N(C)C(=O)CC(OC(=O)[C@H](C)N(C)C(=O)CCSC)[C@]1(C)O[C@H]1[C@H](C)[C@@H]1C[C@@](O)(NC(=O)O1)[C@H](OC)/C=C\C=C(\C)C2. The number of thioether (sulfide) groups is 1. The summed E-state index contributed by atoms with van der Waals surface area (Å²) in [5, 5.41) is 14.4. The Hall–Kier alpha value is -3.30. The molecule has 1 aromatic rings. The van der Waals surface area contributed by atoms with Gasteiger partial charge in [-0.25, -0.2) is 9.59 Å². The van der Waals surface area contributed by atoms with E-state index in [2.05, 4.69) is 5.32 Å². The molecule has 13 nitrogen and oxygen atoms in total. The molecule has 282 valence electrons. The van der Waals surface area contributed by atoms with Crippen LogP contribution < -0.4 is 15.0 Å². The van der Waals surface area contributed by atoms with E-state index in [1.54, 1.807) is 52.1 Å². The van der Waals surface area contributed by atoms with Crippen molar-refractivity contribution in [1.29, 1.82) is 0 Å². The molecule has 4 bridgehead atoms. The van der Waals surface area contributed by atoms with Gasteiger partial charge in [-0.05, 0) is 51.1 Å². The van der Waals surface area contributed by atoms with Gasteiger partial charge < -0.3 is 38.6 Å². The molecule has 1 unspecified atom stereocenters. The Morgan fingerprint density at radius 1 is 1.27 bits per heavy atom. The standard InChI is InChI=1S/C36H50ClN3O10S/c1-20-11-10-12-27(47-8)36(45)19-26(48-34(44)38-36)21(2)32-35(4,50-32)28(49-33(43)22(3)39(5)29(41)13-14-51-9)18-30(42)40(6)24-16-23(15-20)17-25(46-7)31(24)37/h10-12,16-17,21-22,26-28,32,45H,13-15,18-19H2,1-9H3,(H,38,44)/b12-10-,20-11-/t21-,22+,26+,27-,28?,32+,35+,36+/m1/s1. The number of carbonyl (C=O) groups is 4. The van der Waals surface area contributed by atoms with E-state index in [0.717, 1.165) is 11.1 Å². The average molecular weight is 752 g/mol. The highest BCUT2D eigenvalue weighted by atomic mass is 35.5. The fourth-order valence-corrected chi connectivity index (χ4v) is 7.28. The first-order valence-corrected chi connectivity index (χ1v) is 18.6. The van der Waals surface area contributed by atoms with Crippen LogP contribution in [0.2, 0.25) is 5.02 Å². The number of rotatable bonds is 8. The second kappa shape index (κ2) is 16.6. The van der Waals surface area contributed by atoms with Gasteiger partial charge in [0.05, 0.1) is 25.3 Å². The van der Waals surface area contributed by atoms with Crippen LogP contribution in [0.25, 0.3) is 0 Å². The lowest BCUT2D eigenvalue weighted by molar-refractivity contribution is -0.161. The molecule has 2 fully saturated rings. The highest BCUT2D eigenvalue weighted by Crippen LogP contribution is 2.49. The molecule has 0 saturated carbocycles. The summed E-state index contributed by atoms with van der Waals surface area (Å²) in [6, 6.07) is 2.64. The van der Waals surface area contributed by atoms with E-state index in [4.69, 9.17) is 35.3 Å². The number of likely N-dealkylation sites (N-methyl/N-ethyl adjacent to an activating group) is 1. The molecule has 8 atom stereocenters.